The largest absolute Gasteiger partial charge is 0.392 e. The first-order chi connectivity index (χ1) is 16.1. The van der Waals surface area contributed by atoms with Gasteiger partial charge in [0.1, 0.15) is 11.6 Å². The first-order valence-corrected chi connectivity index (χ1v) is 11.1. The van der Waals surface area contributed by atoms with Gasteiger partial charge in [-0.25, -0.2) is 19.9 Å². The Morgan fingerprint density at radius 1 is 1.15 bits per heavy atom. The molecule has 172 valence electrons. The van der Waals surface area contributed by atoms with Crippen LogP contribution in [0.5, 0.6) is 0 Å². The second-order valence-corrected chi connectivity index (χ2v) is 8.13. The van der Waals surface area contributed by atoms with Crippen molar-refractivity contribution in [3.63, 3.8) is 0 Å². The average Bonchev–Trinajstić information content (AvgIpc) is 3.28. The molecule has 0 saturated carbocycles. The van der Waals surface area contributed by atoms with Gasteiger partial charge in [-0.05, 0) is 19.4 Å². The lowest BCUT2D eigenvalue weighted by Gasteiger charge is -2.28. The molecule has 1 fully saturated rings. The molecule has 0 bridgehead atoms. The second kappa shape index (κ2) is 9.12. The fourth-order valence-electron chi connectivity index (χ4n) is 4.04. The highest BCUT2D eigenvalue weighted by molar-refractivity contribution is 5.77. The Kier molecular flexibility index (Phi) is 5.88. The molecule has 1 saturated heterocycles. The summed E-state index contributed by atoms with van der Waals surface area (Å²) in [5, 5.41) is 12.8. The van der Waals surface area contributed by atoms with Crippen molar-refractivity contribution in [1.82, 2.24) is 24.9 Å². The van der Waals surface area contributed by atoms with Gasteiger partial charge in [0.2, 0.25) is 11.9 Å². The molecule has 2 aliphatic heterocycles. The van der Waals surface area contributed by atoms with E-state index in [0.29, 0.717) is 31.5 Å². The molecule has 2 aliphatic rings. The molecule has 0 amide bonds. The molecule has 11 nitrogen and oxygen atoms in total. The number of nitrogens with two attached hydrogens (primary N) is 1. The van der Waals surface area contributed by atoms with Gasteiger partial charge in [-0.15, -0.1) is 0 Å². The number of nitrogens with zero attached hydrogens (tertiary/aromatic N) is 7. The Morgan fingerprint density at radius 3 is 2.70 bits per heavy atom. The van der Waals surface area contributed by atoms with Crippen LogP contribution < -0.4 is 20.9 Å². The maximum atomic E-state index is 9.59. The van der Waals surface area contributed by atoms with Crippen molar-refractivity contribution in [1.29, 1.82) is 0 Å². The molecule has 3 aromatic heterocycles. The highest BCUT2D eigenvalue weighted by atomic mass is 16.5. The molecular formula is C22H27N9O2. The van der Waals surface area contributed by atoms with Crippen LogP contribution in [0.15, 0.2) is 30.7 Å². The fraction of sp³-hybridized carbons (Fsp3) is 0.409. The highest BCUT2D eigenvalue weighted by Gasteiger charge is 2.29. The van der Waals surface area contributed by atoms with Gasteiger partial charge >= 0.3 is 0 Å². The maximum absolute atomic E-state index is 9.59. The van der Waals surface area contributed by atoms with Crippen LogP contribution in [-0.4, -0.2) is 75.5 Å². The van der Waals surface area contributed by atoms with Crippen molar-refractivity contribution in [2.24, 2.45) is 0 Å². The minimum Gasteiger partial charge on any atom is -0.392 e. The van der Waals surface area contributed by atoms with E-state index in [9.17, 15) is 5.11 Å². The van der Waals surface area contributed by atoms with Crippen LogP contribution in [-0.2, 0) is 11.2 Å². The normalized spacial score (nSPS) is 16.5. The first-order valence-electron chi connectivity index (χ1n) is 11.1. The standard InChI is InChI=1S/C22H27N9O2/c1-14(32)11-25-18-10-16(2-4-24-18)31-5-3-17-19(15-12-26-21(23)27-13-15)28-22(29-20(17)31)30-6-8-33-9-7-30/h2,4,10,12-14,32H,3,5-9,11H2,1H3,(H,24,25)(H2,23,26,27). The fourth-order valence-corrected chi connectivity index (χ4v) is 4.04. The molecule has 4 N–H and O–H groups in total. The number of fused-ring (bicyclic) bond motifs is 1. The van der Waals surface area contributed by atoms with Crippen molar-refractivity contribution >= 4 is 29.2 Å². The maximum Gasteiger partial charge on any atom is 0.228 e. The molecule has 33 heavy (non-hydrogen) atoms. The summed E-state index contributed by atoms with van der Waals surface area (Å²) >= 11 is 0. The zero-order chi connectivity index (χ0) is 22.8. The van der Waals surface area contributed by atoms with Gasteiger partial charge in [-0.1, -0.05) is 0 Å². The van der Waals surface area contributed by atoms with Crippen molar-refractivity contribution in [2.75, 3.05) is 60.2 Å². The number of nitrogen functional groups attached to an aromatic ring is 1. The minimum absolute atomic E-state index is 0.230. The van der Waals surface area contributed by atoms with Gasteiger partial charge in [-0.2, -0.15) is 4.98 Å². The highest BCUT2D eigenvalue weighted by Crippen LogP contribution is 2.39. The number of aromatic nitrogens is 5. The van der Waals surface area contributed by atoms with Crippen molar-refractivity contribution in [3.05, 3.63) is 36.3 Å². The second-order valence-electron chi connectivity index (χ2n) is 8.13. The molecular weight excluding hydrogens is 422 g/mol. The van der Waals surface area contributed by atoms with E-state index in [0.717, 1.165) is 54.4 Å². The van der Waals surface area contributed by atoms with E-state index in [1.165, 1.54) is 0 Å². The van der Waals surface area contributed by atoms with Crippen LogP contribution in [0, 0.1) is 0 Å². The van der Waals surface area contributed by atoms with Gasteiger partial charge in [0.25, 0.3) is 0 Å². The zero-order valence-electron chi connectivity index (χ0n) is 18.5. The van der Waals surface area contributed by atoms with Gasteiger partial charge in [0.05, 0.1) is 25.0 Å². The van der Waals surface area contributed by atoms with Gasteiger partial charge in [0.15, 0.2) is 0 Å². The summed E-state index contributed by atoms with van der Waals surface area (Å²) in [5.41, 5.74) is 9.37. The van der Waals surface area contributed by atoms with E-state index in [-0.39, 0.29) is 5.95 Å². The van der Waals surface area contributed by atoms with Gasteiger partial charge in [-0.3, -0.25) is 0 Å². The predicted molar refractivity (Wildman–Crippen MR) is 126 cm³/mol. The van der Waals surface area contributed by atoms with Crippen LogP contribution in [0.3, 0.4) is 0 Å². The topological polar surface area (TPSA) is 138 Å². The lowest BCUT2D eigenvalue weighted by molar-refractivity contribution is 0.122. The van der Waals surface area contributed by atoms with E-state index < -0.39 is 6.10 Å². The number of morpholine rings is 1. The Balaban J connectivity index is 1.55. The molecule has 0 aromatic carbocycles. The number of hydrogen-bond donors (Lipinski definition) is 3. The minimum atomic E-state index is -0.462. The first kappa shape index (κ1) is 21.3. The number of nitrogens with one attached hydrogen (secondary N) is 1. The Bertz CT molecular complexity index is 1120. The number of hydrogen-bond acceptors (Lipinski definition) is 11. The van der Waals surface area contributed by atoms with E-state index in [1.54, 1.807) is 25.5 Å². The summed E-state index contributed by atoms with van der Waals surface area (Å²) in [7, 11) is 0. The van der Waals surface area contributed by atoms with Crippen LogP contribution in [0.2, 0.25) is 0 Å². The van der Waals surface area contributed by atoms with Gasteiger partial charge < -0.3 is 30.7 Å². The van der Waals surface area contributed by atoms with Crippen LogP contribution in [0.1, 0.15) is 12.5 Å². The summed E-state index contributed by atoms with van der Waals surface area (Å²) in [6, 6.07) is 3.94. The third-order valence-corrected chi connectivity index (χ3v) is 5.69. The number of anilines is 5. The number of aliphatic hydroxyl groups is 1. The molecule has 0 aliphatic carbocycles. The quantitative estimate of drug-likeness (QED) is 0.501. The van der Waals surface area contributed by atoms with Crippen molar-refractivity contribution < 1.29 is 9.84 Å². The summed E-state index contributed by atoms with van der Waals surface area (Å²) in [6.45, 7) is 5.69. The molecule has 3 aromatic rings. The zero-order valence-corrected chi connectivity index (χ0v) is 18.5. The van der Waals surface area contributed by atoms with E-state index in [2.05, 4.69) is 30.1 Å². The molecule has 0 radical (unpaired) electrons. The molecule has 1 unspecified atom stereocenters. The number of rotatable bonds is 6. The third-order valence-electron chi connectivity index (χ3n) is 5.69. The van der Waals surface area contributed by atoms with E-state index in [1.807, 2.05) is 12.1 Å². The van der Waals surface area contributed by atoms with Crippen molar-refractivity contribution in [3.8, 4) is 11.3 Å². The smallest absolute Gasteiger partial charge is 0.228 e. The summed E-state index contributed by atoms with van der Waals surface area (Å²) < 4.78 is 5.51. The van der Waals surface area contributed by atoms with E-state index in [4.69, 9.17) is 20.4 Å². The monoisotopic (exact) mass is 449 g/mol. The molecule has 5 rings (SSSR count). The third kappa shape index (κ3) is 4.50. The Morgan fingerprint density at radius 2 is 1.94 bits per heavy atom. The number of ether oxygens (including phenoxy) is 1. The van der Waals surface area contributed by atoms with Crippen LogP contribution >= 0.6 is 0 Å². The van der Waals surface area contributed by atoms with Crippen LogP contribution in [0.4, 0.5) is 29.2 Å². The van der Waals surface area contributed by atoms with Gasteiger partial charge in [0, 0.05) is 67.7 Å². The average molecular weight is 450 g/mol. The van der Waals surface area contributed by atoms with Crippen molar-refractivity contribution in [2.45, 2.75) is 19.4 Å². The summed E-state index contributed by atoms with van der Waals surface area (Å²) in [5.74, 6) is 2.47. The Hall–Kier alpha value is -3.57. The lowest BCUT2D eigenvalue weighted by Crippen LogP contribution is -2.37. The SMILES string of the molecule is CC(O)CNc1cc(N2CCc3c(-c4cnc(N)nc4)nc(N4CCOCC4)nc32)ccn1. The summed E-state index contributed by atoms with van der Waals surface area (Å²) in [6.07, 6.45) is 5.51. The lowest BCUT2D eigenvalue weighted by atomic mass is 10.1. The Labute approximate surface area is 191 Å². The number of aliphatic hydroxyl groups excluding tert-OH is 1. The molecule has 11 heteroatoms. The molecule has 1 atom stereocenters. The predicted octanol–water partition coefficient (Wildman–Crippen LogP) is 1.23. The van der Waals surface area contributed by atoms with E-state index >= 15 is 0 Å². The molecule has 0 spiro atoms. The molecule has 5 heterocycles. The summed E-state index contributed by atoms with van der Waals surface area (Å²) in [4.78, 5) is 26.9. The number of pyridine rings is 1. The van der Waals surface area contributed by atoms with Crippen LogP contribution in [0.25, 0.3) is 11.3 Å².